The fraction of sp³-hybridized carbons (Fsp3) is 0.544. The average Bonchev–Trinajstić information content (AvgIpc) is 3.27. The fourth-order valence-corrected chi connectivity index (χ4v) is 5.88. The molecule has 0 saturated carbocycles. The van der Waals surface area contributed by atoms with E-state index in [9.17, 15) is 9.59 Å². The average molecular weight is 853 g/mol. The van der Waals surface area contributed by atoms with E-state index in [1.165, 1.54) is 25.7 Å². The molecule has 0 saturated heterocycles. The van der Waals surface area contributed by atoms with Crippen LogP contribution < -0.4 is 0 Å². The van der Waals surface area contributed by atoms with Crippen LogP contribution in [0.2, 0.25) is 0 Å². The summed E-state index contributed by atoms with van der Waals surface area (Å²) in [4.78, 5) is 25.3. The molecule has 0 radical (unpaired) electrons. The number of esters is 2. The summed E-state index contributed by atoms with van der Waals surface area (Å²) in [6.07, 6.45) is 74.5. The Balaban J connectivity index is 4.53. The van der Waals surface area contributed by atoms with Crippen molar-refractivity contribution in [1.82, 2.24) is 0 Å². The molecule has 0 spiro atoms. The summed E-state index contributed by atoms with van der Waals surface area (Å²) in [5.41, 5.74) is 0. The lowest BCUT2D eigenvalue weighted by Gasteiger charge is -2.18. The Labute approximate surface area is 381 Å². The summed E-state index contributed by atoms with van der Waals surface area (Å²) in [6, 6.07) is 0. The van der Waals surface area contributed by atoms with Gasteiger partial charge in [0.25, 0.3) is 0 Å². The molecule has 5 nitrogen and oxygen atoms in total. The van der Waals surface area contributed by atoms with Crippen molar-refractivity contribution in [2.45, 2.75) is 181 Å². The van der Waals surface area contributed by atoms with Crippen molar-refractivity contribution in [3.05, 3.63) is 146 Å². The standard InChI is InChI=1S/C57H88O5/c1-4-7-10-13-16-19-22-25-28-31-34-37-40-43-46-49-52-60-53-55(62-57(59)51-48-45-42-39-36-33-30-27-24-21-18-15-12-9-6-3)54-61-56(58)50-47-44-41-38-35-32-29-26-23-20-17-14-11-8-5-2/h7-12,16-21,25-30,35-36,38-39,44,47,55H,4-6,13-15,22-24,31-34,37,40-43,45-46,48-54H2,1-3H3/b10-7-,11-8-,12-9-,19-16-,20-17-,21-18-,28-25-,29-26-,30-27-,38-35-,39-36-,47-44-. The van der Waals surface area contributed by atoms with Gasteiger partial charge in [-0.05, 0) is 116 Å². The molecule has 0 fully saturated rings. The molecule has 0 aromatic rings. The SMILES string of the molecule is CC/C=C\C/C=C\C/C=C\C/C=C\C/C=C\CC(=O)OCC(COCCCCCCCC/C=C\C/C=C\C/C=C\CC)OC(=O)CCCC/C=C\C/C=C\C/C=C\C/C=C\CC. The van der Waals surface area contributed by atoms with Gasteiger partial charge in [0.1, 0.15) is 6.61 Å². The number of hydrogen-bond acceptors (Lipinski definition) is 5. The Morgan fingerprint density at radius 1 is 0.371 bits per heavy atom. The summed E-state index contributed by atoms with van der Waals surface area (Å²) in [5.74, 6) is -0.614. The lowest BCUT2D eigenvalue weighted by atomic mass is 10.1. The van der Waals surface area contributed by atoms with Crippen molar-refractivity contribution in [3.63, 3.8) is 0 Å². The molecule has 0 heterocycles. The van der Waals surface area contributed by atoms with Crippen LogP contribution in [0.15, 0.2) is 146 Å². The lowest BCUT2D eigenvalue weighted by Crippen LogP contribution is -2.30. The van der Waals surface area contributed by atoms with E-state index in [4.69, 9.17) is 14.2 Å². The normalized spacial score (nSPS) is 13.5. The molecular weight excluding hydrogens is 765 g/mol. The minimum atomic E-state index is -0.615. The molecule has 5 heteroatoms. The van der Waals surface area contributed by atoms with Crippen LogP contribution in [0.1, 0.15) is 175 Å². The van der Waals surface area contributed by atoms with Crippen molar-refractivity contribution in [2.24, 2.45) is 0 Å². The Kier molecular flexibility index (Phi) is 47.7. The first-order valence-electron chi connectivity index (χ1n) is 24.4. The molecule has 0 amide bonds. The van der Waals surface area contributed by atoms with Gasteiger partial charge < -0.3 is 14.2 Å². The maximum Gasteiger partial charge on any atom is 0.309 e. The van der Waals surface area contributed by atoms with Gasteiger partial charge in [0.05, 0.1) is 13.0 Å². The number of allylic oxidation sites excluding steroid dienone is 23. The third-order valence-corrected chi connectivity index (χ3v) is 9.38. The molecular formula is C57H88O5. The number of rotatable bonds is 42. The second-order valence-corrected chi connectivity index (χ2v) is 15.2. The Bertz CT molecular complexity index is 1380. The molecule has 62 heavy (non-hydrogen) atoms. The second kappa shape index (κ2) is 51.1. The van der Waals surface area contributed by atoms with Gasteiger partial charge in [0, 0.05) is 13.0 Å². The maximum absolute atomic E-state index is 12.8. The summed E-state index contributed by atoms with van der Waals surface area (Å²) in [7, 11) is 0. The molecule has 0 rings (SSSR count). The highest BCUT2D eigenvalue weighted by atomic mass is 16.6. The molecule has 0 aliphatic rings. The van der Waals surface area contributed by atoms with Crippen LogP contribution in [-0.2, 0) is 23.8 Å². The van der Waals surface area contributed by atoms with E-state index >= 15 is 0 Å². The topological polar surface area (TPSA) is 61.8 Å². The zero-order valence-electron chi connectivity index (χ0n) is 39.6. The van der Waals surface area contributed by atoms with Crippen molar-refractivity contribution in [2.75, 3.05) is 19.8 Å². The van der Waals surface area contributed by atoms with E-state index in [2.05, 4.69) is 154 Å². The van der Waals surface area contributed by atoms with Crippen LogP contribution in [0.3, 0.4) is 0 Å². The fourth-order valence-electron chi connectivity index (χ4n) is 5.88. The summed E-state index contributed by atoms with van der Waals surface area (Å²) in [6.45, 7) is 7.27. The van der Waals surface area contributed by atoms with E-state index in [1.807, 2.05) is 12.2 Å². The number of unbranched alkanes of at least 4 members (excludes halogenated alkanes) is 8. The van der Waals surface area contributed by atoms with Gasteiger partial charge in [-0.25, -0.2) is 0 Å². The lowest BCUT2D eigenvalue weighted by molar-refractivity contribution is -0.162. The van der Waals surface area contributed by atoms with Crippen LogP contribution in [0.5, 0.6) is 0 Å². The molecule has 0 aliphatic heterocycles. The van der Waals surface area contributed by atoms with Crippen molar-refractivity contribution >= 4 is 11.9 Å². The van der Waals surface area contributed by atoms with Crippen molar-refractivity contribution in [3.8, 4) is 0 Å². The first-order chi connectivity index (χ1) is 30.6. The van der Waals surface area contributed by atoms with Gasteiger partial charge >= 0.3 is 11.9 Å². The minimum absolute atomic E-state index is 0.00172. The summed E-state index contributed by atoms with van der Waals surface area (Å²) in [5, 5.41) is 0. The van der Waals surface area contributed by atoms with E-state index in [-0.39, 0.29) is 31.6 Å². The number of ether oxygens (including phenoxy) is 3. The van der Waals surface area contributed by atoms with Gasteiger partial charge in [0.15, 0.2) is 6.10 Å². The molecule has 1 unspecified atom stereocenters. The highest BCUT2D eigenvalue weighted by Gasteiger charge is 2.17. The maximum atomic E-state index is 12.8. The van der Waals surface area contributed by atoms with E-state index in [0.717, 1.165) is 116 Å². The Morgan fingerprint density at radius 3 is 1.16 bits per heavy atom. The van der Waals surface area contributed by atoms with E-state index in [1.54, 1.807) is 0 Å². The summed E-state index contributed by atoms with van der Waals surface area (Å²) < 4.78 is 17.2. The predicted molar refractivity (Wildman–Crippen MR) is 269 cm³/mol. The molecule has 0 aromatic carbocycles. The first-order valence-corrected chi connectivity index (χ1v) is 24.4. The molecule has 346 valence electrons. The van der Waals surface area contributed by atoms with Gasteiger partial charge in [-0.15, -0.1) is 0 Å². The Morgan fingerprint density at radius 2 is 0.726 bits per heavy atom. The quantitative estimate of drug-likeness (QED) is 0.0348. The van der Waals surface area contributed by atoms with Crippen LogP contribution in [0, 0.1) is 0 Å². The van der Waals surface area contributed by atoms with Crippen LogP contribution in [0.4, 0.5) is 0 Å². The van der Waals surface area contributed by atoms with Crippen molar-refractivity contribution < 1.29 is 23.8 Å². The smallest absolute Gasteiger partial charge is 0.309 e. The predicted octanol–water partition coefficient (Wildman–Crippen LogP) is 16.6. The number of carbonyl (C=O) groups is 2. The zero-order chi connectivity index (χ0) is 44.9. The minimum Gasteiger partial charge on any atom is -0.461 e. The molecule has 0 N–H and O–H groups in total. The van der Waals surface area contributed by atoms with Crippen molar-refractivity contribution in [1.29, 1.82) is 0 Å². The van der Waals surface area contributed by atoms with Crippen LogP contribution in [0.25, 0.3) is 0 Å². The van der Waals surface area contributed by atoms with Gasteiger partial charge in [-0.2, -0.15) is 0 Å². The third-order valence-electron chi connectivity index (χ3n) is 9.38. The first kappa shape index (κ1) is 57.8. The molecule has 0 aromatic heterocycles. The Hall–Kier alpha value is -4.22. The highest BCUT2D eigenvalue weighted by Crippen LogP contribution is 2.10. The van der Waals surface area contributed by atoms with Gasteiger partial charge in [0.2, 0.25) is 0 Å². The monoisotopic (exact) mass is 853 g/mol. The number of hydrogen-bond donors (Lipinski definition) is 0. The number of carbonyl (C=O) groups excluding carboxylic acids is 2. The molecule has 1 atom stereocenters. The van der Waals surface area contributed by atoms with Crippen LogP contribution in [-0.4, -0.2) is 37.9 Å². The second-order valence-electron chi connectivity index (χ2n) is 15.2. The largest absolute Gasteiger partial charge is 0.461 e. The van der Waals surface area contributed by atoms with E-state index < -0.39 is 6.10 Å². The van der Waals surface area contributed by atoms with E-state index in [0.29, 0.717) is 13.0 Å². The van der Waals surface area contributed by atoms with Gasteiger partial charge in [-0.1, -0.05) is 192 Å². The molecule has 0 aliphatic carbocycles. The zero-order valence-corrected chi connectivity index (χ0v) is 39.6. The van der Waals surface area contributed by atoms with Gasteiger partial charge in [-0.3, -0.25) is 9.59 Å². The summed E-state index contributed by atoms with van der Waals surface area (Å²) >= 11 is 0. The molecule has 0 bridgehead atoms. The van der Waals surface area contributed by atoms with Crippen LogP contribution >= 0.6 is 0 Å². The highest BCUT2D eigenvalue weighted by molar-refractivity contribution is 5.71. The third kappa shape index (κ3) is 48.4.